The number of allylic oxidation sites excluding steroid dienone is 3. The van der Waals surface area contributed by atoms with E-state index in [1.165, 1.54) is 4.31 Å². The lowest BCUT2D eigenvalue weighted by atomic mass is 10.0. The molecular weight excluding hydrogens is 316 g/mol. The van der Waals surface area contributed by atoms with Crippen LogP contribution in [-0.4, -0.2) is 57.2 Å². The average molecular weight is 344 g/mol. The SMILES string of the molecule is CC/C=C\C(C)=C(/CCOC)N(C=O)C1CCN(S(=O)O)CC1. The normalized spacial score (nSPS) is 19.7. The van der Waals surface area contributed by atoms with Crippen LogP contribution >= 0.6 is 0 Å². The Morgan fingerprint density at radius 3 is 2.57 bits per heavy atom. The van der Waals surface area contributed by atoms with Crippen LogP contribution in [0.15, 0.2) is 23.4 Å². The first-order chi connectivity index (χ1) is 11.0. The summed E-state index contributed by atoms with van der Waals surface area (Å²) in [5, 5.41) is 0. The first-order valence-electron chi connectivity index (χ1n) is 7.99. The van der Waals surface area contributed by atoms with Crippen LogP contribution in [0.3, 0.4) is 0 Å². The van der Waals surface area contributed by atoms with Crippen molar-refractivity contribution in [3.05, 3.63) is 23.4 Å². The van der Waals surface area contributed by atoms with E-state index in [0.717, 1.165) is 24.1 Å². The van der Waals surface area contributed by atoms with Crippen molar-refractivity contribution in [2.24, 2.45) is 0 Å². The monoisotopic (exact) mass is 344 g/mol. The molecule has 1 aliphatic heterocycles. The second kappa shape index (κ2) is 10.7. The van der Waals surface area contributed by atoms with E-state index in [9.17, 15) is 9.00 Å². The van der Waals surface area contributed by atoms with Crippen LogP contribution < -0.4 is 0 Å². The molecule has 0 saturated carbocycles. The van der Waals surface area contributed by atoms with E-state index < -0.39 is 11.3 Å². The minimum atomic E-state index is -1.93. The second-order valence-electron chi connectivity index (χ2n) is 5.59. The summed E-state index contributed by atoms with van der Waals surface area (Å²) < 4.78 is 27.0. The third-order valence-corrected chi connectivity index (χ3v) is 4.87. The van der Waals surface area contributed by atoms with Crippen LogP contribution in [0, 0.1) is 0 Å². The van der Waals surface area contributed by atoms with Gasteiger partial charge in [-0.3, -0.25) is 9.35 Å². The first kappa shape index (κ1) is 20.0. The van der Waals surface area contributed by atoms with Gasteiger partial charge in [-0.15, -0.1) is 0 Å². The molecule has 1 atom stereocenters. The van der Waals surface area contributed by atoms with Gasteiger partial charge in [0.2, 0.25) is 17.7 Å². The van der Waals surface area contributed by atoms with Gasteiger partial charge in [-0.1, -0.05) is 19.1 Å². The average Bonchev–Trinajstić information content (AvgIpc) is 2.56. The minimum absolute atomic E-state index is 0.0594. The maximum atomic E-state index is 11.7. The highest BCUT2D eigenvalue weighted by atomic mass is 32.2. The fourth-order valence-corrected chi connectivity index (χ4v) is 3.29. The van der Waals surface area contributed by atoms with Crippen LogP contribution in [0.1, 0.15) is 39.5 Å². The molecule has 0 aromatic rings. The summed E-state index contributed by atoms with van der Waals surface area (Å²) in [6.45, 7) is 5.65. The lowest BCUT2D eigenvalue weighted by molar-refractivity contribution is -0.119. The first-order valence-corrected chi connectivity index (χ1v) is 9.06. The third-order valence-electron chi connectivity index (χ3n) is 4.06. The zero-order chi connectivity index (χ0) is 17.2. The topological polar surface area (TPSA) is 70.1 Å². The Hall–Kier alpha value is -1.02. The van der Waals surface area contributed by atoms with Crippen molar-refractivity contribution < 1.29 is 18.3 Å². The zero-order valence-electron chi connectivity index (χ0n) is 14.2. The summed E-state index contributed by atoms with van der Waals surface area (Å²) >= 11 is -1.93. The van der Waals surface area contributed by atoms with Crippen molar-refractivity contribution in [2.45, 2.75) is 45.6 Å². The van der Waals surface area contributed by atoms with Gasteiger partial charge in [0.25, 0.3) is 0 Å². The summed E-state index contributed by atoms with van der Waals surface area (Å²) in [5.74, 6) is 0. The molecule has 0 aromatic carbocycles. The molecule has 0 aliphatic carbocycles. The molecule has 23 heavy (non-hydrogen) atoms. The standard InChI is InChI=1S/C16H28N2O4S/c1-4-5-6-14(2)16(9-12-22-3)18(13-19)15-7-10-17(11-8-15)23(20)21/h5-6,13,15H,4,7-12H2,1-3H3,(H,20,21)/b6-5-,16-14+. The van der Waals surface area contributed by atoms with Crippen LogP contribution in [-0.2, 0) is 20.8 Å². The van der Waals surface area contributed by atoms with Crippen molar-refractivity contribution in [1.82, 2.24) is 9.21 Å². The molecule has 0 spiro atoms. The van der Waals surface area contributed by atoms with E-state index in [4.69, 9.17) is 9.29 Å². The van der Waals surface area contributed by atoms with E-state index in [1.807, 2.05) is 13.0 Å². The van der Waals surface area contributed by atoms with Crippen molar-refractivity contribution in [1.29, 1.82) is 0 Å². The summed E-state index contributed by atoms with van der Waals surface area (Å²) in [6.07, 6.45) is 7.98. The van der Waals surface area contributed by atoms with Crippen LogP contribution in [0.5, 0.6) is 0 Å². The van der Waals surface area contributed by atoms with Crippen LogP contribution in [0.25, 0.3) is 0 Å². The number of carbonyl (C=O) groups excluding carboxylic acids is 1. The van der Waals surface area contributed by atoms with E-state index in [0.29, 0.717) is 39.0 Å². The zero-order valence-corrected chi connectivity index (χ0v) is 15.1. The van der Waals surface area contributed by atoms with Gasteiger partial charge in [-0.25, -0.2) is 8.51 Å². The molecule has 1 saturated heterocycles. The molecule has 0 aromatic heterocycles. The van der Waals surface area contributed by atoms with Gasteiger partial charge in [0.05, 0.1) is 6.61 Å². The highest BCUT2D eigenvalue weighted by Gasteiger charge is 2.28. The molecule has 1 heterocycles. The Morgan fingerprint density at radius 2 is 2.09 bits per heavy atom. The molecule has 1 amide bonds. The molecule has 1 fully saturated rings. The van der Waals surface area contributed by atoms with Gasteiger partial charge < -0.3 is 9.64 Å². The van der Waals surface area contributed by atoms with E-state index in [-0.39, 0.29) is 6.04 Å². The number of methoxy groups -OCH3 is 1. The van der Waals surface area contributed by atoms with E-state index >= 15 is 0 Å². The molecule has 1 aliphatic rings. The van der Waals surface area contributed by atoms with Crippen molar-refractivity contribution in [3.63, 3.8) is 0 Å². The number of carbonyl (C=O) groups is 1. The van der Waals surface area contributed by atoms with E-state index in [1.54, 1.807) is 12.0 Å². The van der Waals surface area contributed by atoms with Gasteiger partial charge in [-0.2, -0.15) is 0 Å². The summed E-state index contributed by atoms with van der Waals surface area (Å²) in [4.78, 5) is 13.5. The summed E-state index contributed by atoms with van der Waals surface area (Å²) in [5.41, 5.74) is 2.03. The lowest BCUT2D eigenvalue weighted by Crippen LogP contribution is -2.44. The quantitative estimate of drug-likeness (QED) is 0.396. The maximum Gasteiger partial charge on any atom is 0.234 e. The number of hydrogen-bond donors (Lipinski definition) is 1. The number of rotatable bonds is 9. The molecular formula is C16H28N2O4S. The van der Waals surface area contributed by atoms with Crippen LogP contribution in [0.4, 0.5) is 0 Å². The van der Waals surface area contributed by atoms with Crippen molar-refractivity contribution in [3.8, 4) is 0 Å². The van der Waals surface area contributed by atoms with Crippen molar-refractivity contribution >= 4 is 17.7 Å². The van der Waals surface area contributed by atoms with Gasteiger partial charge in [0.1, 0.15) is 0 Å². The van der Waals surface area contributed by atoms with E-state index in [2.05, 4.69) is 13.0 Å². The minimum Gasteiger partial charge on any atom is -0.384 e. The lowest BCUT2D eigenvalue weighted by Gasteiger charge is -2.36. The Kier molecular flexibility index (Phi) is 9.31. The Labute approximate surface area is 141 Å². The largest absolute Gasteiger partial charge is 0.384 e. The second-order valence-corrected chi connectivity index (χ2v) is 6.56. The molecule has 1 rings (SSSR count). The predicted octanol–water partition coefficient (Wildman–Crippen LogP) is 2.32. The molecule has 132 valence electrons. The third kappa shape index (κ3) is 6.18. The molecule has 7 heteroatoms. The predicted molar refractivity (Wildman–Crippen MR) is 91.9 cm³/mol. The maximum absolute atomic E-state index is 11.7. The highest BCUT2D eigenvalue weighted by Crippen LogP contribution is 2.24. The number of hydrogen-bond acceptors (Lipinski definition) is 3. The molecule has 1 unspecified atom stereocenters. The molecule has 1 N–H and O–H groups in total. The number of ether oxygens (including phenoxy) is 1. The Morgan fingerprint density at radius 1 is 1.43 bits per heavy atom. The van der Waals surface area contributed by atoms with Gasteiger partial charge >= 0.3 is 0 Å². The molecule has 0 radical (unpaired) electrons. The van der Waals surface area contributed by atoms with Crippen LogP contribution in [0.2, 0.25) is 0 Å². The summed E-state index contributed by atoms with van der Waals surface area (Å²) in [6, 6.07) is 0.0594. The number of piperidine rings is 1. The van der Waals surface area contributed by atoms with Crippen molar-refractivity contribution in [2.75, 3.05) is 26.8 Å². The van der Waals surface area contributed by atoms with Gasteiger partial charge in [0.15, 0.2) is 0 Å². The summed E-state index contributed by atoms with van der Waals surface area (Å²) in [7, 11) is 1.65. The molecule has 0 bridgehead atoms. The highest BCUT2D eigenvalue weighted by molar-refractivity contribution is 7.76. The van der Waals surface area contributed by atoms with Gasteiger partial charge in [0, 0.05) is 38.4 Å². The van der Waals surface area contributed by atoms with Gasteiger partial charge in [-0.05, 0) is 31.8 Å². The Balaban J connectivity index is 2.91. The molecule has 6 nitrogen and oxygen atoms in total. The Bertz CT molecular complexity index is 457. The number of nitrogens with zero attached hydrogens (tertiary/aromatic N) is 2. The number of amides is 1. The fraction of sp³-hybridized carbons (Fsp3) is 0.688. The fourth-order valence-electron chi connectivity index (χ4n) is 2.77. The smallest absolute Gasteiger partial charge is 0.234 e.